The first-order valence-electron chi connectivity index (χ1n) is 11.6. The third-order valence-corrected chi connectivity index (χ3v) is 6.42. The molecule has 0 bridgehead atoms. The van der Waals surface area contributed by atoms with Gasteiger partial charge >= 0.3 is 5.91 Å². The van der Waals surface area contributed by atoms with Gasteiger partial charge in [0.2, 0.25) is 0 Å². The molecule has 0 aliphatic carbocycles. The third-order valence-electron chi connectivity index (χ3n) is 5.62. The van der Waals surface area contributed by atoms with Gasteiger partial charge in [-0.25, -0.2) is 4.79 Å². The SMILES string of the molecule is CCCCCCCCCCCCCC(=O)[N+](C)(CCC)CCCCS(=O)(=O)O. The summed E-state index contributed by atoms with van der Waals surface area (Å²) in [7, 11) is -1.93. The fourth-order valence-electron chi connectivity index (χ4n) is 3.81. The molecule has 1 amide bonds. The first kappa shape index (κ1) is 27.5. The minimum absolute atomic E-state index is 0.216. The molecule has 1 unspecified atom stereocenters. The van der Waals surface area contributed by atoms with Crippen LogP contribution in [0.1, 0.15) is 110 Å². The maximum Gasteiger partial charge on any atom is 0.313 e. The Bertz CT molecular complexity index is 493. The Hall–Kier alpha value is -0.460. The van der Waals surface area contributed by atoms with Gasteiger partial charge in [0.05, 0.1) is 32.3 Å². The summed E-state index contributed by atoms with van der Waals surface area (Å²) in [5.41, 5.74) is 0. The normalized spacial score (nSPS) is 14.1. The Morgan fingerprint density at radius 1 is 0.714 bits per heavy atom. The molecule has 28 heavy (non-hydrogen) atoms. The van der Waals surface area contributed by atoms with Gasteiger partial charge in [-0.15, -0.1) is 0 Å². The van der Waals surface area contributed by atoms with Gasteiger partial charge in [0.25, 0.3) is 10.1 Å². The highest BCUT2D eigenvalue weighted by Crippen LogP contribution is 2.16. The van der Waals surface area contributed by atoms with Crippen LogP contribution in [0, 0.1) is 0 Å². The fraction of sp³-hybridized carbons (Fsp3) is 0.955. The number of unbranched alkanes of at least 4 members (excludes halogenated alkanes) is 11. The summed E-state index contributed by atoms with van der Waals surface area (Å²) in [6.07, 6.45) is 16.6. The van der Waals surface area contributed by atoms with Crippen LogP contribution in [-0.2, 0) is 14.9 Å². The molecule has 6 heteroatoms. The van der Waals surface area contributed by atoms with Crippen molar-refractivity contribution in [2.75, 3.05) is 25.9 Å². The molecule has 168 valence electrons. The molecule has 0 spiro atoms. The van der Waals surface area contributed by atoms with E-state index in [-0.39, 0.29) is 11.7 Å². The zero-order valence-corrected chi connectivity index (χ0v) is 19.6. The number of carbonyl (C=O) groups is 1. The minimum Gasteiger partial charge on any atom is -0.286 e. The maximum absolute atomic E-state index is 12.7. The summed E-state index contributed by atoms with van der Waals surface area (Å²) in [4.78, 5) is 12.7. The average Bonchev–Trinajstić information content (AvgIpc) is 2.62. The highest BCUT2D eigenvalue weighted by Gasteiger charge is 2.29. The van der Waals surface area contributed by atoms with E-state index in [1.54, 1.807) is 0 Å². The lowest BCUT2D eigenvalue weighted by Gasteiger charge is -2.31. The second-order valence-electron chi connectivity index (χ2n) is 8.52. The first-order valence-corrected chi connectivity index (χ1v) is 13.2. The molecule has 0 aromatic rings. The number of quaternary nitrogens is 1. The molecule has 0 radical (unpaired) electrons. The summed E-state index contributed by atoms with van der Waals surface area (Å²) >= 11 is 0. The van der Waals surface area contributed by atoms with E-state index in [1.807, 2.05) is 7.05 Å². The fourth-order valence-corrected chi connectivity index (χ4v) is 4.38. The van der Waals surface area contributed by atoms with Crippen molar-refractivity contribution in [1.82, 2.24) is 0 Å². The van der Waals surface area contributed by atoms with Crippen molar-refractivity contribution in [3.8, 4) is 0 Å². The molecule has 5 nitrogen and oxygen atoms in total. The lowest BCUT2D eigenvalue weighted by molar-refractivity contribution is -0.835. The Balaban J connectivity index is 3.91. The Morgan fingerprint density at radius 2 is 1.21 bits per heavy atom. The summed E-state index contributed by atoms with van der Waals surface area (Å²) < 4.78 is 30.9. The highest BCUT2D eigenvalue weighted by atomic mass is 32.2. The van der Waals surface area contributed by atoms with Gasteiger partial charge in [-0.2, -0.15) is 8.42 Å². The van der Waals surface area contributed by atoms with Crippen LogP contribution in [0.2, 0.25) is 0 Å². The molecule has 1 atom stereocenters. The van der Waals surface area contributed by atoms with Crippen molar-refractivity contribution in [3.63, 3.8) is 0 Å². The number of rotatable bonds is 19. The van der Waals surface area contributed by atoms with Gasteiger partial charge in [0, 0.05) is 0 Å². The largest absolute Gasteiger partial charge is 0.313 e. The van der Waals surface area contributed by atoms with E-state index in [0.717, 1.165) is 25.8 Å². The number of hydrogen-bond acceptors (Lipinski definition) is 3. The molecule has 0 aliphatic rings. The summed E-state index contributed by atoms with van der Waals surface area (Å²) in [5, 5.41) is 0. The summed E-state index contributed by atoms with van der Waals surface area (Å²) in [6, 6.07) is 0. The zero-order valence-electron chi connectivity index (χ0n) is 18.8. The average molecular weight is 421 g/mol. The lowest BCUT2D eigenvalue weighted by Crippen LogP contribution is -2.50. The smallest absolute Gasteiger partial charge is 0.286 e. The van der Waals surface area contributed by atoms with Crippen LogP contribution in [0.3, 0.4) is 0 Å². The third kappa shape index (κ3) is 15.5. The molecule has 0 saturated carbocycles. The Kier molecular flexibility index (Phi) is 16.1. The van der Waals surface area contributed by atoms with Crippen molar-refractivity contribution in [2.24, 2.45) is 0 Å². The second kappa shape index (κ2) is 16.3. The van der Waals surface area contributed by atoms with Crippen LogP contribution in [0.5, 0.6) is 0 Å². The van der Waals surface area contributed by atoms with E-state index >= 15 is 0 Å². The minimum atomic E-state index is -3.90. The molecule has 0 aromatic carbocycles. The topological polar surface area (TPSA) is 71.4 Å². The Labute approximate surface area is 174 Å². The zero-order chi connectivity index (χ0) is 21.3. The molecule has 0 fully saturated rings. The predicted molar refractivity (Wildman–Crippen MR) is 118 cm³/mol. The maximum atomic E-state index is 12.7. The van der Waals surface area contributed by atoms with E-state index in [0.29, 0.717) is 30.3 Å². The van der Waals surface area contributed by atoms with Gasteiger partial charge < -0.3 is 0 Å². The monoisotopic (exact) mass is 420 g/mol. The van der Waals surface area contributed by atoms with Crippen LogP contribution in [-0.4, -0.2) is 49.3 Å². The van der Waals surface area contributed by atoms with Crippen LogP contribution in [0.4, 0.5) is 0 Å². The van der Waals surface area contributed by atoms with Crippen LogP contribution >= 0.6 is 0 Å². The molecule has 0 rings (SSSR count). The van der Waals surface area contributed by atoms with Crippen LogP contribution < -0.4 is 0 Å². The van der Waals surface area contributed by atoms with E-state index in [1.165, 1.54) is 57.8 Å². The van der Waals surface area contributed by atoms with E-state index in [4.69, 9.17) is 4.55 Å². The number of carbonyl (C=O) groups excluding carboxylic acids is 1. The van der Waals surface area contributed by atoms with Gasteiger partial charge in [-0.05, 0) is 25.7 Å². The van der Waals surface area contributed by atoms with Crippen LogP contribution in [0.15, 0.2) is 0 Å². The highest BCUT2D eigenvalue weighted by molar-refractivity contribution is 7.85. The first-order chi connectivity index (χ1) is 13.2. The van der Waals surface area contributed by atoms with Crippen molar-refractivity contribution < 1.29 is 22.2 Å². The van der Waals surface area contributed by atoms with Gasteiger partial charge in [0.1, 0.15) is 0 Å². The van der Waals surface area contributed by atoms with Crippen molar-refractivity contribution in [1.29, 1.82) is 0 Å². The standard InChI is InChI=1S/C22H45NO4S/c1-4-6-7-8-9-10-11-12-13-14-15-18-22(24)23(3,19-5-2)20-16-17-21-28(25,26)27/h4-21H2,1-3H3/p+1. The van der Waals surface area contributed by atoms with Gasteiger partial charge in [-0.3, -0.25) is 9.04 Å². The molecular formula is C22H46NO4S+. The van der Waals surface area contributed by atoms with Gasteiger partial charge in [-0.1, -0.05) is 78.1 Å². The van der Waals surface area contributed by atoms with Crippen molar-refractivity contribution in [3.05, 3.63) is 0 Å². The lowest BCUT2D eigenvalue weighted by atomic mass is 10.0. The second-order valence-corrected chi connectivity index (χ2v) is 10.1. The van der Waals surface area contributed by atoms with Crippen molar-refractivity contribution >= 4 is 16.0 Å². The number of hydrogen-bond donors (Lipinski definition) is 1. The summed E-state index contributed by atoms with van der Waals surface area (Å²) in [5.74, 6) is 0.0518. The molecule has 0 aliphatic heterocycles. The van der Waals surface area contributed by atoms with Gasteiger partial charge in [0.15, 0.2) is 0 Å². The molecular weight excluding hydrogens is 374 g/mol. The number of amides is 1. The Morgan fingerprint density at radius 3 is 1.68 bits per heavy atom. The van der Waals surface area contributed by atoms with Crippen molar-refractivity contribution in [2.45, 2.75) is 110 Å². The van der Waals surface area contributed by atoms with E-state index < -0.39 is 10.1 Å². The van der Waals surface area contributed by atoms with E-state index in [2.05, 4.69) is 13.8 Å². The number of nitrogens with zero attached hydrogens (tertiary/aromatic N) is 1. The van der Waals surface area contributed by atoms with E-state index in [9.17, 15) is 13.2 Å². The molecule has 0 saturated heterocycles. The summed E-state index contributed by atoms with van der Waals surface area (Å²) in [6.45, 7) is 5.77. The quantitative estimate of drug-likeness (QED) is 0.164. The molecule has 0 heterocycles. The molecule has 0 aromatic heterocycles. The predicted octanol–water partition coefficient (Wildman–Crippen LogP) is 5.74. The molecule has 1 N–H and O–H groups in total. The van der Waals surface area contributed by atoms with Crippen LogP contribution in [0.25, 0.3) is 0 Å².